The van der Waals surface area contributed by atoms with Crippen molar-refractivity contribution in [2.75, 3.05) is 24.9 Å². The third-order valence-electron chi connectivity index (χ3n) is 5.12. The molecule has 3 aromatic carbocycles. The summed E-state index contributed by atoms with van der Waals surface area (Å²) in [6, 6.07) is 19.1. The van der Waals surface area contributed by atoms with E-state index in [1.165, 1.54) is 5.01 Å². The summed E-state index contributed by atoms with van der Waals surface area (Å²) in [6.07, 6.45) is -0.787. The Morgan fingerprint density at radius 1 is 0.967 bits per heavy atom. The molecule has 0 bridgehead atoms. The van der Waals surface area contributed by atoms with E-state index in [1.54, 1.807) is 26.3 Å². The van der Waals surface area contributed by atoms with Crippen LogP contribution in [0.2, 0.25) is 0 Å². The molecule has 0 aliphatic rings. The number of hydrogen-bond acceptors (Lipinski definition) is 6. The van der Waals surface area contributed by atoms with E-state index < -0.39 is 6.10 Å². The van der Waals surface area contributed by atoms with Gasteiger partial charge in [-0.15, -0.1) is 0 Å². The number of aryl methyl sites for hydroxylation is 1. The number of hydrogen-bond donors (Lipinski definition) is 3. The van der Waals surface area contributed by atoms with Crippen LogP contribution in [0.25, 0.3) is 0 Å². The fourth-order valence-electron chi connectivity index (χ4n) is 3.27. The maximum atomic E-state index is 10.9. The minimum absolute atomic E-state index is 0.456. The zero-order valence-electron chi connectivity index (χ0n) is 17.6. The van der Waals surface area contributed by atoms with E-state index in [0.717, 1.165) is 28.0 Å². The van der Waals surface area contributed by atoms with Crippen LogP contribution in [-0.2, 0) is 18.0 Å². The molecule has 0 aromatic heterocycles. The minimum Gasteiger partial charge on any atom is -0.497 e. The molecule has 6 nitrogen and oxygen atoms in total. The highest BCUT2D eigenvalue weighted by Gasteiger charge is 2.14. The first kappa shape index (κ1) is 21.6. The molecule has 5 N–H and O–H groups in total. The quantitative estimate of drug-likeness (QED) is 0.299. The fraction of sp³-hybridized carbons (Fsp3) is 0.250. The average molecular weight is 408 g/mol. The number of hydrazine groups is 1. The van der Waals surface area contributed by atoms with Crippen molar-refractivity contribution in [2.45, 2.75) is 26.2 Å². The summed E-state index contributed by atoms with van der Waals surface area (Å²) in [6.45, 7) is 2.99. The van der Waals surface area contributed by atoms with Gasteiger partial charge in [-0.25, -0.2) is 5.84 Å². The average Bonchev–Trinajstić information content (AvgIpc) is 2.74. The van der Waals surface area contributed by atoms with Crippen molar-refractivity contribution in [2.24, 2.45) is 5.84 Å². The number of nitrogen functional groups attached to an aromatic ring is 1. The summed E-state index contributed by atoms with van der Waals surface area (Å²) >= 11 is 0. The van der Waals surface area contributed by atoms with Gasteiger partial charge in [0.2, 0.25) is 0 Å². The maximum Gasteiger partial charge on any atom is 0.118 e. The predicted octanol–water partition coefficient (Wildman–Crippen LogP) is 3.69. The molecule has 3 aromatic rings. The molecular formula is C24H29N3O3. The number of aliphatic hydroxyl groups is 1. The van der Waals surface area contributed by atoms with Crippen LogP contribution in [0, 0.1) is 6.92 Å². The minimum atomic E-state index is -0.787. The van der Waals surface area contributed by atoms with Gasteiger partial charge in [0.1, 0.15) is 11.9 Å². The Kier molecular flexibility index (Phi) is 6.95. The van der Waals surface area contributed by atoms with Crippen molar-refractivity contribution in [1.29, 1.82) is 0 Å². The smallest absolute Gasteiger partial charge is 0.118 e. The highest BCUT2D eigenvalue weighted by Crippen LogP contribution is 2.29. The van der Waals surface area contributed by atoms with E-state index in [-0.39, 0.29) is 0 Å². The van der Waals surface area contributed by atoms with Crippen LogP contribution in [0.3, 0.4) is 0 Å². The molecule has 0 fully saturated rings. The number of aliphatic hydroxyl groups excluding tert-OH is 1. The molecule has 0 saturated heterocycles. The Bertz CT molecular complexity index is 987. The Labute approximate surface area is 177 Å². The van der Waals surface area contributed by atoms with Gasteiger partial charge >= 0.3 is 0 Å². The SMILES string of the molecule is COc1ccc(COCc2cc(C(O)c3ccc(N(C)N)c(N)c3)ccc2C)cc1. The number of anilines is 2. The second-order valence-corrected chi connectivity index (χ2v) is 7.36. The van der Waals surface area contributed by atoms with Gasteiger partial charge in [0, 0.05) is 7.05 Å². The number of nitrogens with two attached hydrogens (primary N) is 2. The molecule has 3 rings (SSSR count). The summed E-state index contributed by atoms with van der Waals surface area (Å²) in [4.78, 5) is 0. The number of ether oxygens (including phenoxy) is 2. The summed E-state index contributed by atoms with van der Waals surface area (Å²) in [5.41, 5.74) is 12.0. The lowest BCUT2D eigenvalue weighted by Crippen LogP contribution is -2.26. The lowest BCUT2D eigenvalue weighted by atomic mass is 9.97. The molecule has 0 radical (unpaired) electrons. The van der Waals surface area contributed by atoms with Crippen LogP contribution in [-0.4, -0.2) is 19.3 Å². The summed E-state index contributed by atoms with van der Waals surface area (Å²) in [7, 11) is 3.37. The lowest BCUT2D eigenvalue weighted by molar-refractivity contribution is 0.106. The van der Waals surface area contributed by atoms with E-state index in [2.05, 4.69) is 0 Å². The Balaban J connectivity index is 1.70. The van der Waals surface area contributed by atoms with Crippen LogP contribution in [0.5, 0.6) is 5.75 Å². The summed E-state index contributed by atoms with van der Waals surface area (Å²) in [5.74, 6) is 6.58. The highest BCUT2D eigenvalue weighted by molar-refractivity contribution is 5.68. The largest absolute Gasteiger partial charge is 0.497 e. The monoisotopic (exact) mass is 407 g/mol. The zero-order valence-corrected chi connectivity index (χ0v) is 17.6. The van der Waals surface area contributed by atoms with Crippen LogP contribution < -0.4 is 21.3 Å². The van der Waals surface area contributed by atoms with Gasteiger partial charge in [-0.2, -0.15) is 0 Å². The van der Waals surface area contributed by atoms with Crippen LogP contribution in [0.1, 0.15) is 33.9 Å². The van der Waals surface area contributed by atoms with Gasteiger partial charge in [0.05, 0.1) is 31.7 Å². The van der Waals surface area contributed by atoms with Crippen molar-refractivity contribution < 1.29 is 14.6 Å². The second-order valence-electron chi connectivity index (χ2n) is 7.36. The number of rotatable bonds is 8. The van der Waals surface area contributed by atoms with E-state index in [9.17, 15) is 5.11 Å². The summed E-state index contributed by atoms with van der Waals surface area (Å²) < 4.78 is 11.1. The van der Waals surface area contributed by atoms with Gasteiger partial charge in [0.25, 0.3) is 0 Å². The second kappa shape index (κ2) is 9.63. The molecule has 0 saturated carbocycles. The van der Waals surface area contributed by atoms with Gasteiger partial charge in [-0.1, -0.05) is 36.4 Å². The Hall–Kier alpha value is -3.06. The first-order chi connectivity index (χ1) is 14.4. The third kappa shape index (κ3) is 5.10. The maximum absolute atomic E-state index is 10.9. The van der Waals surface area contributed by atoms with Crippen LogP contribution in [0.15, 0.2) is 60.7 Å². The van der Waals surface area contributed by atoms with Gasteiger partial charge < -0.3 is 25.3 Å². The van der Waals surface area contributed by atoms with Crippen LogP contribution in [0.4, 0.5) is 11.4 Å². The first-order valence-corrected chi connectivity index (χ1v) is 9.75. The Morgan fingerprint density at radius 3 is 2.27 bits per heavy atom. The highest BCUT2D eigenvalue weighted by atomic mass is 16.5. The van der Waals surface area contributed by atoms with Crippen molar-refractivity contribution in [3.63, 3.8) is 0 Å². The van der Waals surface area contributed by atoms with Crippen LogP contribution >= 0.6 is 0 Å². The van der Waals surface area contributed by atoms with E-state index >= 15 is 0 Å². The number of nitrogens with zero attached hydrogens (tertiary/aromatic N) is 1. The molecule has 0 spiro atoms. The molecule has 0 aliphatic heterocycles. The van der Waals surface area contributed by atoms with Crippen molar-refractivity contribution in [3.05, 3.63) is 88.5 Å². The van der Waals surface area contributed by atoms with Crippen molar-refractivity contribution in [3.8, 4) is 5.75 Å². The van der Waals surface area contributed by atoms with Gasteiger partial charge in [0.15, 0.2) is 0 Å². The van der Waals surface area contributed by atoms with E-state index in [1.807, 2.05) is 55.5 Å². The molecule has 0 amide bonds. The topological polar surface area (TPSA) is 94.0 Å². The van der Waals surface area contributed by atoms with Gasteiger partial charge in [-0.3, -0.25) is 0 Å². The van der Waals surface area contributed by atoms with Gasteiger partial charge in [-0.05, 0) is 59.0 Å². The standard InChI is InChI=1S/C24H29N3O3/c1-16-4-7-18(24(28)19-8-11-23(27(2)26)22(25)13-19)12-20(16)15-30-14-17-5-9-21(29-3)10-6-17/h4-13,24,28H,14-15,25-26H2,1-3H3. The number of methoxy groups -OCH3 is 1. The molecule has 1 atom stereocenters. The predicted molar refractivity (Wildman–Crippen MR) is 120 cm³/mol. The summed E-state index contributed by atoms with van der Waals surface area (Å²) in [5, 5.41) is 12.3. The molecule has 30 heavy (non-hydrogen) atoms. The first-order valence-electron chi connectivity index (χ1n) is 9.75. The molecule has 1 unspecified atom stereocenters. The zero-order chi connectivity index (χ0) is 21.7. The molecular weight excluding hydrogens is 378 g/mol. The normalized spacial score (nSPS) is 11.9. The third-order valence-corrected chi connectivity index (χ3v) is 5.12. The molecule has 0 heterocycles. The molecule has 0 aliphatic carbocycles. The Morgan fingerprint density at radius 2 is 1.63 bits per heavy atom. The van der Waals surface area contributed by atoms with Crippen molar-refractivity contribution >= 4 is 11.4 Å². The fourth-order valence-corrected chi connectivity index (χ4v) is 3.27. The van der Waals surface area contributed by atoms with E-state index in [0.29, 0.717) is 30.2 Å². The van der Waals surface area contributed by atoms with Crippen molar-refractivity contribution in [1.82, 2.24) is 0 Å². The molecule has 6 heteroatoms. The molecule has 158 valence electrons. The van der Waals surface area contributed by atoms with E-state index in [4.69, 9.17) is 21.1 Å². The lowest BCUT2D eigenvalue weighted by Gasteiger charge is -2.18. The number of benzene rings is 3.